The van der Waals surface area contributed by atoms with Crippen molar-refractivity contribution in [3.63, 3.8) is 0 Å². The third-order valence-corrected chi connectivity index (χ3v) is 1.52. The minimum Gasteiger partial charge on any atom is -0.393 e. The first-order valence-corrected chi connectivity index (χ1v) is 5.04. The van der Waals surface area contributed by atoms with Gasteiger partial charge in [-0.2, -0.15) is 0 Å². The predicted molar refractivity (Wildman–Crippen MR) is 81.4 cm³/mol. The molecule has 1 N–H and O–H groups in total. The fourth-order valence-electron chi connectivity index (χ4n) is 0.252. The van der Waals surface area contributed by atoms with E-state index in [9.17, 15) is 0 Å². The molecular weight excluding hydrogens is 216 g/mol. The first kappa shape index (κ1) is 36.0. The molecule has 0 aliphatic rings. The molecule has 114 valence electrons. The summed E-state index contributed by atoms with van der Waals surface area (Å²) in [4.78, 5) is 9.53. The highest BCUT2D eigenvalue weighted by Gasteiger charge is 1.95. The van der Waals surface area contributed by atoms with Gasteiger partial charge in [-0.1, -0.05) is 43.6 Å². The largest absolute Gasteiger partial charge is 0.393 e. The molecule has 0 spiro atoms. The molecule has 0 bridgehead atoms. The average molecular weight is 256 g/mol. The van der Waals surface area contributed by atoms with Gasteiger partial charge in [-0.25, -0.2) is 9.78 Å². The van der Waals surface area contributed by atoms with Crippen molar-refractivity contribution in [1.82, 2.24) is 0 Å². The third-order valence-electron chi connectivity index (χ3n) is 1.52. The molecule has 0 aliphatic carbocycles. The van der Waals surface area contributed by atoms with E-state index >= 15 is 0 Å². The zero-order valence-corrected chi connectivity index (χ0v) is 9.54. The van der Waals surface area contributed by atoms with E-state index in [1.165, 1.54) is 0 Å². The summed E-state index contributed by atoms with van der Waals surface area (Å²) in [6, 6.07) is 0. The normalized spacial score (nSPS) is 10.9. The fraction of sp³-hybridized carbons (Fsp3) is 1.00. The molecule has 0 radical (unpaired) electrons. The van der Waals surface area contributed by atoms with Crippen LogP contribution in [0.1, 0.15) is 77.2 Å². The molecule has 0 aromatic carbocycles. The Kier molecular flexibility index (Phi) is 62.8. The Morgan fingerprint density at radius 3 is 1.41 bits per heavy atom. The van der Waals surface area contributed by atoms with Gasteiger partial charge in [0.05, 0.1) is 18.8 Å². The molecule has 0 amide bonds. The van der Waals surface area contributed by atoms with Crippen molar-refractivity contribution in [2.75, 3.05) is 6.61 Å². The Labute approximate surface area is 111 Å². The van der Waals surface area contributed by atoms with E-state index in [1.54, 1.807) is 6.92 Å². The zero-order chi connectivity index (χ0) is 10.7. The van der Waals surface area contributed by atoms with Crippen molar-refractivity contribution in [2.24, 2.45) is 0 Å². The molecule has 3 nitrogen and oxygen atoms in total. The lowest BCUT2D eigenvalue weighted by molar-refractivity contribution is -0.317. The van der Waals surface area contributed by atoms with E-state index in [2.05, 4.69) is 11.8 Å². The van der Waals surface area contributed by atoms with Crippen LogP contribution in [0.2, 0.25) is 0 Å². The van der Waals surface area contributed by atoms with Crippen molar-refractivity contribution in [3.05, 3.63) is 0 Å². The molecule has 0 fully saturated rings. The van der Waals surface area contributed by atoms with Gasteiger partial charge >= 0.3 is 0 Å². The summed E-state index contributed by atoms with van der Waals surface area (Å²) in [5.41, 5.74) is 0. The molecule has 2 unspecified atom stereocenters. The Balaban J connectivity index is -0.0000000306. The van der Waals surface area contributed by atoms with E-state index in [4.69, 9.17) is 9.99 Å². The number of rotatable bonds is 5. The summed E-state index contributed by atoms with van der Waals surface area (Å²) in [7, 11) is 0. The Morgan fingerprint density at radius 1 is 0.882 bits per heavy atom. The van der Waals surface area contributed by atoms with Gasteiger partial charge in [0.1, 0.15) is 0 Å². The highest BCUT2D eigenvalue weighted by molar-refractivity contribution is 4.37. The molecule has 2 atom stereocenters. The van der Waals surface area contributed by atoms with Crippen molar-refractivity contribution >= 4 is 0 Å². The lowest BCUT2D eigenvalue weighted by atomic mass is 10.3. The lowest BCUT2D eigenvalue weighted by Crippen LogP contribution is -2.06. The summed E-state index contributed by atoms with van der Waals surface area (Å²) in [5, 5.41) is 8.36. The van der Waals surface area contributed by atoms with E-state index in [0.717, 1.165) is 12.8 Å². The quantitative estimate of drug-likeness (QED) is 0.551. The molecule has 0 aliphatic heterocycles. The first-order chi connectivity index (χ1) is 6.08. The summed E-state index contributed by atoms with van der Waals surface area (Å²) in [6.45, 7) is 10.3. The first-order valence-electron chi connectivity index (χ1n) is 5.04. The van der Waals surface area contributed by atoms with Gasteiger partial charge < -0.3 is 5.11 Å². The number of hydrogen-bond acceptors (Lipinski definition) is 3. The summed E-state index contributed by atoms with van der Waals surface area (Å²) < 4.78 is 0. The molecular formula is C14H40O3. The highest BCUT2D eigenvalue weighted by Crippen LogP contribution is 1.94. The van der Waals surface area contributed by atoms with E-state index < -0.39 is 0 Å². The van der Waals surface area contributed by atoms with Gasteiger partial charge in [0.25, 0.3) is 0 Å². The van der Waals surface area contributed by atoms with Gasteiger partial charge in [0, 0.05) is 0 Å². The van der Waals surface area contributed by atoms with Crippen molar-refractivity contribution in [1.29, 1.82) is 0 Å². The third kappa shape index (κ3) is 49.3. The van der Waals surface area contributed by atoms with Crippen molar-refractivity contribution in [3.8, 4) is 0 Å². The van der Waals surface area contributed by atoms with Crippen LogP contribution in [0.5, 0.6) is 0 Å². The second-order valence-electron chi connectivity index (χ2n) is 2.98. The molecule has 0 saturated carbocycles. The second-order valence-corrected chi connectivity index (χ2v) is 2.98. The van der Waals surface area contributed by atoms with Crippen LogP contribution in [0.15, 0.2) is 0 Å². The summed E-state index contributed by atoms with van der Waals surface area (Å²) in [6.07, 6.45) is 1.98. The van der Waals surface area contributed by atoms with Crippen molar-refractivity contribution in [2.45, 2.75) is 89.4 Å². The van der Waals surface area contributed by atoms with Crippen LogP contribution in [0, 0.1) is 0 Å². The maximum Gasteiger partial charge on any atom is 0.0899 e. The number of hydrogen-bond donors (Lipinski definition) is 1. The second kappa shape index (κ2) is 29.7. The van der Waals surface area contributed by atoms with Crippen LogP contribution < -0.4 is 0 Å². The van der Waals surface area contributed by atoms with Gasteiger partial charge in [0.2, 0.25) is 0 Å². The summed E-state index contributed by atoms with van der Waals surface area (Å²) >= 11 is 0. The fourth-order valence-corrected chi connectivity index (χ4v) is 0.252. The van der Waals surface area contributed by atoms with Crippen LogP contribution in [-0.2, 0) is 9.78 Å². The van der Waals surface area contributed by atoms with Crippen molar-refractivity contribution < 1.29 is 14.9 Å². The van der Waals surface area contributed by atoms with Crippen LogP contribution >= 0.6 is 0 Å². The molecule has 0 aromatic rings. The number of aliphatic hydroxyl groups excluding tert-OH is 1. The molecule has 17 heavy (non-hydrogen) atoms. The lowest BCUT2D eigenvalue weighted by Gasteiger charge is -2.06. The van der Waals surface area contributed by atoms with Crippen LogP contribution in [0.3, 0.4) is 0 Å². The van der Waals surface area contributed by atoms with Gasteiger partial charge in [-0.3, -0.25) is 0 Å². The smallest absolute Gasteiger partial charge is 0.0899 e. The summed E-state index contributed by atoms with van der Waals surface area (Å²) in [5.74, 6) is 0. The maximum absolute atomic E-state index is 8.36. The SMILES string of the molecule is C.C.C.C.CCC(C)O.CCOOC(C)CC. The van der Waals surface area contributed by atoms with Gasteiger partial charge in [0.15, 0.2) is 0 Å². The van der Waals surface area contributed by atoms with Gasteiger partial charge in [-0.15, -0.1) is 0 Å². The van der Waals surface area contributed by atoms with E-state index in [-0.39, 0.29) is 41.9 Å². The van der Waals surface area contributed by atoms with E-state index in [0.29, 0.717) is 6.61 Å². The van der Waals surface area contributed by atoms with Crippen LogP contribution in [-0.4, -0.2) is 23.9 Å². The average Bonchev–Trinajstić information content (AvgIpc) is 2.15. The monoisotopic (exact) mass is 256 g/mol. The maximum atomic E-state index is 8.36. The highest BCUT2D eigenvalue weighted by atomic mass is 17.2. The minimum atomic E-state index is -0.116. The Morgan fingerprint density at radius 2 is 1.24 bits per heavy atom. The van der Waals surface area contributed by atoms with Gasteiger partial charge in [-0.05, 0) is 33.6 Å². The Hall–Kier alpha value is -0.120. The minimum absolute atomic E-state index is 0. The zero-order valence-electron chi connectivity index (χ0n) is 9.54. The Bertz CT molecular complexity index is 85.5. The molecule has 0 rings (SSSR count). The standard InChI is InChI=1S/C6H14O2.C4H10O.4CH4/c1-4-6(3)8-7-5-2;1-3-4(2)5;;;;/h6H,4-5H2,1-3H3;4-5H,3H2,1-2H3;4*1H4. The molecule has 3 heteroatoms. The van der Waals surface area contributed by atoms with Crippen LogP contribution in [0.4, 0.5) is 0 Å². The van der Waals surface area contributed by atoms with Crippen LogP contribution in [0.25, 0.3) is 0 Å². The molecule has 0 saturated heterocycles. The van der Waals surface area contributed by atoms with E-state index in [1.807, 2.05) is 20.8 Å². The molecule has 0 heterocycles. The predicted octanol–water partition coefficient (Wildman–Crippen LogP) is 5.07. The molecule has 0 aromatic heterocycles. The number of aliphatic hydroxyl groups is 1. The topological polar surface area (TPSA) is 38.7 Å².